The Labute approximate surface area is 142 Å². The average molecular weight is 340 g/mol. The Morgan fingerprint density at radius 1 is 0.960 bits per heavy atom. The van der Waals surface area contributed by atoms with Crippen LogP contribution < -0.4 is 15.4 Å². The molecule has 1 saturated heterocycles. The number of barbiturate groups is 1. The van der Waals surface area contributed by atoms with Gasteiger partial charge in [0.1, 0.15) is 23.7 Å². The molecule has 126 valence electrons. The van der Waals surface area contributed by atoms with E-state index < -0.39 is 17.8 Å². The highest BCUT2D eigenvalue weighted by atomic mass is 19.1. The fraction of sp³-hybridized carbons (Fsp3) is 0.0556. The maximum Gasteiger partial charge on any atom is 0.328 e. The zero-order valence-electron chi connectivity index (χ0n) is 12.9. The van der Waals surface area contributed by atoms with Gasteiger partial charge >= 0.3 is 6.03 Å². The molecule has 2 aromatic carbocycles. The first-order valence-corrected chi connectivity index (χ1v) is 7.37. The van der Waals surface area contributed by atoms with Gasteiger partial charge in [0.25, 0.3) is 11.8 Å². The molecule has 25 heavy (non-hydrogen) atoms. The van der Waals surface area contributed by atoms with Crippen molar-refractivity contribution in [2.45, 2.75) is 6.61 Å². The highest BCUT2D eigenvalue weighted by Crippen LogP contribution is 2.19. The smallest absolute Gasteiger partial charge is 0.328 e. The quantitative estimate of drug-likeness (QED) is 0.660. The van der Waals surface area contributed by atoms with Crippen molar-refractivity contribution in [1.29, 1.82) is 0 Å². The van der Waals surface area contributed by atoms with Gasteiger partial charge in [-0.1, -0.05) is 30.3 Å². The number of urea groups is 1. The molecule has 1 aliphatic rings. The second-order valence-electron chi connectivity index (χ2n) is 5.25. The van der Waals surface area contributed by atoms with Crippen LogP contribution in [0.4, 0.5) is 9.18 Å². The van der Waals surface area contributed by atoms with Crippen molar-refractivity contribution in [3.63, 3.8) is 0 Å². The first kappa shape index (κ1) is 16.4. The molecule has 6 nitrogen and oxygen atoms in total. The summed E-state index contributed by atoms with van der Waals surface area (Å²) in [6.45, 7) is 0.0438. The Morgan fingerprint density at radius 3 is 2.40 bits per heavy atom. The van der Waals surface area contributed by atoms with Gasteiger partial charge in [0, 0.05) is 5.56 Å². The number of hydrogen-bond donors (Lipinski definition) is 2. The average Bonchev–Trinajstić information content (AvgIpc) is 2.58. The third-order valence-corrected chi connectivity index (χ3v) is 3.46. The minimum absolute atomic E-state index is 0.0438. The molecule has 2 N–H and O–H groups in total. The van der Waals surface area contributed by atoms with Crippen molar-refractivity contribution in [2.24, 2.45) is 0 Å². The van der Waals surface area contributed by atoms with Crippen LogP contribution in [0.1, 0.15) is 11.1 Å². The van der Waals surface area contributed by atoms with Crippen molar-refractivity contribution in [3.8, 4) is 5.75 Å². The van der Waals surface area contributed by atoms with E-state index >= 15 is 0 Å². The van der Waals surface area contributed by atoms with E-state index in [2.05, 4.69) is 0 Å². The lowest BCUT2D eigenvalue weighted by molar-refractivity contribution is -0.123. The SMILES string of the molecule is O=C1NC(=O)C(=Cc2cccc(OCc3ccccc3F)c2)C(=O)N1. The summed E-state index contributed by atoms with van der Waals surface area (Å²) in [5, 5.41) is 3.99. The van der Waals surface area contributed by atoms with Gasteiger partial charge in [0.05, 0.1) is 0 Å². The number of carbonyl (C=O) groups is 3. The van der Waals surface area contributed by atoms with Gasteiger partial charge in [-0.2, -0.15) is 0 Å². The van der Waals surface area contributed by atoms with Crippen molar-refractivity contribution in [3.05, 3.63) is 71.0 Å². The minimum atomic E-state index is -0.853. The minimum Gasteiger partial charge on any atom is -0.489 e. The molecule has 4 amide bonds. The highest BCUT2D eigenvalue weighted by Gasteiger charge is 2.27. The Balaban J connectivity index is 1.76. The van der Waals surface area contributed by atoms with Crippen LogP contribution in [0, 0.1) is 5.82 Å². The van der Waals surface area contributed by atoms with Crippen molar-refractivity contribution >= 4 is 23.9 Å². The number of halogens is 1. The lowest BCUT2D eigenvalue weighted by Gasteiger charge is -2.14. The summed E-state index contributed by atoms with van der Waals surface area (Å²) in [5.41, 5.74) is 0.752. The molecule has 1 fully saturated rings. The van der Waals surface area contributed by atoms with Crippen LogP contribution in [-0.4, -0.2) is 17.8 Å². The third kappa shape index (κ3) is 3.89. The topological polar surface area (TPSA) is 84.5 Å². The number of benzene rings is 2. The molecule has 0 radical (unpaired) electrons. The number of hydrogen-bond acceptors (Lipinski definition) is 4. The maximum atomic E-state index is 13.6. The number of amides is 4. The molecular weight excluding hydrogens is 327 g/mol. The standard InChI is InChI=1S/C18H13FN2O4/c19-15-7-2-1-5-12(15)10-25-13-6-3-4-11(8-13)9-14-16(22)20-18(24)21-17(14)23/h1-9H,10H2,(H2,20,21,22,23,24). The normalized spacial score (nSPS) is 14.0. The monoisotopic (exact) mass is 340 g/mol. The lowest BCUT2D eigenvalue weighted by atomic mass is 10.1. The molecule has 0 unspecified atom stereocenters. The van der Waals surface area contributed by atoms with Crippen LogP contribution in [0.5, 0.6) is 5.75 Å². The first-order valence-electron chi connectivity index (χ1n) is 7.37. The van der Waals surface area contributed by atoms with Gasteiger partial charge in [0.15, 0.2) is 0 Å². The zero-order chi connectivity index (χ0) is 17.8. The van der Waals surface area contributed by atoms with Crippen molar-refractivity contribution in [1.82, 2.24) is 10.6 Å². The van der Waals surface area contributed by atoms with Gasteiger partial charge < -0.3 is 4.74 Å². The van der Waals surface area contributed by atoms with Crippen LogP contribution in [0.25, 0.3) is 6.08 Å². The van der Waals surface area contributed by atoms with Crippen LogP contribution in [0.3, 0.4) is 0 Å². The van der Waals surface area contributed by atoms with Gasteiger partial charge in [-0.25, -0.2) is 9.18 Å². The fourth-order valence-electron chi connectivity index (χ4n) is 2.24. The number of carbonyl (C=O) groups excluding carboxylic acids is 3. The van der Waals surface area contributed by atoms with Crippen molar-refractivity contribution in [2.75, 3.05) is 0 Å². The number of rotatable bonds is 4. The second kappa shape index (κ2) is 6.96. The van der Waals surface area contributed by atoms with E-state index in [9.17, 15) is 18.8 Å². The van der Waals surface area contributed by atoms with E-state index in [1.54, 1.807) is 42.5 Å². The van der Waals surface area contributed by atoms with E-state index in [1.165, 1.54) is 12.1 Å². The molecule has 3 rings (SSSR count). The fourth-order valence-corrected chi connectivity index (χ4v) is 2.24. The molecule has 0 aliphatic carbocycles. The van der Waals surface area contributed by atoms with Crippen LogP contribution in [0.15, 0.2) is 54.1 Å². The molecule has 0 bridgehead atoms. The largest absolute Gasteiger partial charge is 0.489 e. The van der Waals surface area contributed by atoms with E-state index in [4.69, 9.17) is 4.74 Å². The van der Waals surface area contributed by atoms with Gasteiger partial charge in [-0.3, -0.25) is 20.2 Å². The Morgan fingerprint density at radius 2 is 1.68 bits per heavy atom. The molecule has 0 saturated carbocycles. The van der Waals surface area contributed by atoms with Gasteiger partial charge in [0.2, 0.25) is 0 Å². The lowest BCUT2D eigenvalue weighted by Crippen LogP contribution is -2.51. The van der Waals surface area contributed by atoms with E-state index in [0.717, 1.165) is 0 Å². The highest BCUT2D eigenvalue weighted by molar-refractivity contribution is 6.31. The summed E-state index contributed by atoms with van der Waals surface area (Å²) in [4.78, 5) is 34.5. The number of nitrogens with one attached hydrogen (secondary N) is 2. The molecule has 0 atom stereocenters. The Bertz CT molecular complexity index is 870. The summed E-state index contributed by atoms with van der Waals surface area (Å²) >= 11 is 0. The van der Waals surface area contributed by atoms with Crippen LogP contribution in [0.2, 0.25) is 0 Å². The summed E-state index contributed by atoms with van der Waals surface area (Å²) in [6.07, 6.45) is 1.34. The van der Waals surface area contributed by atoms with Gasteiger partial charge in [-0.05, 0) is 29.8 Å². The summed E-state index contributed by atoms with van der Waals surface area (Å²) < 4.78 is 19.1. The molecule has 0 aromatic heterocycles. The molecule has 2 aromatic rings. The Kier molecular flexibility index (Phi) is 4.56. The van der Waals surface area contributed by atoms with Crippen LogP contribution >= 0.6 is 0 Å². The van der Waals surface area contributed by atoms with E-state index in [1.807, 2.05) is 10.6 Å². The second-order valence-corrected chi connectivity index (χ2v) is 5.25. The predicted molar refractivity (Wildman–Crippen MR) is 86.8 cm³/mol. The van der Waals surface area contributed by atoms with E-state index in [-0.39, 0.29) is 18.0 Å². The molecule has 1 aliphatic heterocycles. The molecule has 1 heterocycles. The number of ether oxygens (including phenoxy) is 1. The summed E-state index contributed by atoms with van der Waals surface area (Å²) in [6, 6.07) is 12.0. The third-order valence-electron chi connectivity index (χ3n) is 3.46. The van der Waals surface area contributed by atoms with Gasteiger partial charge in [-0.15, -0.1) is 0 Å². The molecule has 7 heteroatoms. The summed E-state index contributed by atoms with van der Waals surface area (Å²) in [5.74, 6) is -1.45. The first-order chi connectivity index (χ1) is 12.0. The Hall–Kier alpha value is -3.48. The molecular formula is C18H13FN2O4. The number of imide groups is 2. The predicted octanol–water partition coefficient (Wildman–Crippen LogP) is 2.15. The molecule has 0 spiro atoms. The zero-order valence-corrected chi connectivity index (χ0v) is 12.9. The van der Waals surface area contributed by atoms with Crippen molar-refractivity contribution < 1.29 is 23.5 Å². The van der Waals surface area contributed by atoms with Crippen LogP contribution in [-0.2, 0) is 16.2 Å². The van der Waals surface area contributed by atoms with E-state index in [0.29, 0.717) is 16.9 Å². The maximum absolute atomic E-state index is 13.6. The summed E-state index contributed by atoms with van der Waals surface area (Å²) in [7, 11) is 0.